The summed E-state index contributed by atoms with van der Waals surface area (Å²) in [4.78, 5) is 0. The van der Waals surface area contributed by atoms with Gasteiger partial charge in [-0.3, -0.25) is 0 Å². The van der Waals surface area contributed by atoms with Crippen molar-refractivity contribution >= 4 is 15.9 Å². The van der Waals surface area contributed by atoms with Crippen LogP contribution in [0.5, 0.6) is 0 Å². The molecule has 2 N–H and O–H groups in total. The van der Waals surface area contributed by atoms with Gasteiger partial charge in [0.2, 0.25) is 0 Å². The van der Waals surface area contributed by atoms with Crippen LogP contribution < -0.4 is 5.48 Å². The Kier molecular flexibility index (Phi) is 3.29. The zero-order valence-corrected chi connectivity index (χ0v) is 7.83. The van der Waals surface area contributed by atoms with E-state index in [0.717, 1.165) is 6.07 Å². The van der Waals surface area contributed by atoms with Crippen molar-refractivity contribution in [2.24, 2.45) is 0 Å². The Balaban J connectivity index is 3.24. The first-order chi connectivity index (χ1) is 6.07. The van der Waals surface area contributed by atoms with E-state index in [1.54, 1.807) is 5.48 Å². The van der Waals surface area contributed by atoms with Crippen molar-refractivity contribution < 1.29 is 18.4 Å². The summed E-state index contributed by atoms with van der Waals surface area (Å²) in [5.41, 5.74) is 1.49. The molecule has 0 fully saturated rings. The maximum Gasteiger partial charge on any atom is 0.195 e. The minimum absolute atomic E-state index is 0.159. The van der Waals surface area contributed by atoms with Crippen LogP contribution in [0.1, 0.15) is 5.56 Å². The zero-order chi connectivity index (χ0) is 10.0. The van der Waals surface area contributed by atoms with Gasteiger partial charge in [-0.15, -0.1) is 0 Å². The molecule has 0 unspecified atom stereocenters. The third kappa shape index (κ3) is 2.01. The summed E-state index contributed by atoms with van der Waals surface area (Å²) in [5, 5.41) is 8.25. The number of hydrogen-bond acceptors (Lipinski definition) is 2. The predicted octanol–water partition coefficient (Wildman–Crippen LogP) is 2.35. The molecule has 0 aliphatic rings. The average molecular weight is 256 g/mol. The average Bonchev–Trinajstić information content (AvgIpc) is 2.11. The van der Waals surface area contributed by atoms with E-state index in [1.165, 1.54) is 0 Å². The molecule has 6 heteroatoms. The number of nitrogens with one attached hydrogen (secondary N) is 1. The molecule has 0 heterocycles. The number of benzene rings is 1. The van der Waals surface area contributed by atoms with Crippen LogP contribution in [-0.4, -0.2) is 5.21 Å². The van der Waals surface area contributed by atoms with Gasteiger partial charge in [0, 0.05) is 12.1 Å². The molecular formula is C7H5BrF3NO. The first-order valence-corrected chi connectivity index (χ1v) is 4.06. The highest BCUT2D eigenvalue weighted by Gasteiger charge is 2.16. The normalized spacial score (nSPS) is 10.5. The van der Waals surface area contributed by atoms with Crippen LogP contribution in [-0.2, 0) is 6.54 Å². The number of hydrogen-bond donors (Lipinski definition) is 2. The SMILES string of the molecule is ONCc1cc(Br)c(F)c(F)c1F. The van der Waals surface area contributed by atoms with Crippen molar-refractivity contribution in [2.45, 2.75) is 6.54 Å². The van der Waals surface area contributed by atoms with Crippen LogP contribution >= 0.6 is 15.9 Å². The van der Waals surface area contributed by atoms with E-state index in [2.05, 4.69) is 15.9 Å². The van der Waals surface area contributed by atoms with Gasteiger partial charge in [-0.25, -0.2) is 18.7 Å². The summed E-state index contributed by atoms with van der Waals surface area (Å²) in [6, 6.07) is 1.05. The molecule has 0 radical (unpaired) electrons. The van der Waals surface area contributed by atoms with Gasteiger partial charge in [0.1, 0.15) is 0 Å². The fourth-order valence-corrected chi connectivity index (χ4v) is 1.29. The monoisotopic (exact) mass is 255 g/mol. The van der Waals surface area contributed by atoms with Gasteiger partial charge in [-0.05, 0) is 22.0 Å². The number of halogens is 4. The molecule has 0 bridgehead atoms. The van der Waals surface area contributed by atoms with Crippen LogP contribution in [0, 0.1) is 17.5 Å². The van der Waals surface area contributed by atoms with Gasteiger partial charge < -0.3 is 5.21 Å². The number of rotatable bonds is 2. The highest BCUT2D eigenvalue weighted by molar-refractivity contribution is 9.10. The lowest BCUT2D eigenvalue weighted by Crippen LogP contribution is -2.10. The molecule has 72 valence electrons. The van der Waals surface area contributed by atoms with Crippen molar-refractivity contribution in [3.8, 4) is 0 Å². The molecule has 1 aromatic carbocycles. The molecule has 0 atom stereocenters. The van der Waals surface area contributed by atoms with Gasteiger partial charge in [-0.2, -0.15) is 0 Å². The van der Waals surface area contributed by atoms with Crippen LogP contribution in [0.3, 0.4) is 0 Å². The molecule has 1 rings (SSSR count). The van der Waals surface area contributed by atoms with Gasteiger partial charge in [0.15, 0.2) is 17.5 Å². The Morgan fingerprint density at radius 1 is 1.23 bits per heavy atom. The van der Waals surface area contributed by atoms with Crippen molar-refractivity contribution in [2.75, 3.05) is 0 Å². The summed E-state index contributed by atoms with van der Waals surface area (Å²) in [7, 11) is 0. The van der Waals surface area contributed by atoms with Crippen molar-refractivity contribution in [3.05, 3.63) is 33.6 Å². The molecule has 0 saturated heterocycles. The molecule has 0 aromatic heterocycles. The second-order valence-electron chi connectivity index (χ2n) is 2.29. The second kappa shape index (κ2) is 4.08. The van der Waals surface area contributed by atoms with Crippen molar-refractivity contribution in [1.82, 2.24) is 5.48 Å². The second-order valence-corrected chi connectivity index (χ2v) is 3.15. The summed E-state index contributed by atoms with van der Waals surface area (Å²) in [6.07, 6.45) is 0. The quantitative estimate of drug-likeness (QED) is 0.483. The third-order valence-corrected chi connectivity index (χ3v) is 2.02. The molecule has 0 spiro atoms. The molecule has 1 aromatic rings. The summed E-state index contributed by atoms with van der Waals surface area (Å²) < 4.78 is 38.0. The van der Waals surface area contributed by atoms with E-state index in [1.807, 2.05) is 0 Å². The molecule has 0 saturated carbocycles. The predicted molar refractivity (Wildman–Crippen MR) is 42.6 cm³/mol. The molecule has 0 aliphatic heterocycles. The van der Waals surface area contributed by atoms with E-state index in [4.69, 9.17) is 5.21 Å². The standard InChI is InChI=1S/C7H5BrF3NO/c8-4-1-3(2-12-13)5(9)7(11)6(4)10/h1,12-13H,2H2. The lowest BCUT2D eigenvalue weighted by Gasteiger charge is -2.04. The molecular weight excluding hydrogens is 251 g/mol. The molecule has 13 heavy (non-hydrogen) atoms. The summed E-state index contributed by atoms with van der Waals surface area (Å²) in [5.74, 6) is -4.14. The largest absolute Gasteiger partial charge is 0.316 e. The zero-order valence-electron chi connectivity index (χ0n) is 6.24. The Labute approximate surface area is 80.5 Å². The van der Waals surface area contributed by atoms with E-state index in [-0.39, 0.29) is 16.6 Å². The topological polar surface area (TPSA) is 32.3 Å². The first kappa shape index (κ1) is 10.5. The molecule has 0 aliphatic carbocycles. The summed E-state index contributed by atoms with van der Waals surface area (Å²) in [6.45, 7) is -0.290. The Bertz CT molecular complexity index is 332. The van der Waals surface area contributed by atoms with Crippen LogP contribution in [0.2, 0.25) is 0 Å². The fraction of sp³-hybridized carbons (Fsp3) is 0.143. The minimum atomic E-state index is -1.56. The first-order valence-electron chi connectivity index (χ1n) is 3.26. The molecule has 2 nitrogen and oxygen atoms in total. The molecule has 0 amide bonds. The Morgan fingerprint density at radius 2 is 1.85 bits per heavy atom. The highest BCUT2D eigenvalue weighted by atomic mass is 79.9. The van der Waals surface area contributed by atoms with Gasteiger partial charge in [-0.1, -0.05) is 0 Å². The van der Waals surface area contributed by atoms with Crippen molar-refractivity contribution in [1.29, 1.82) is 0 Å². The smallest absolute Gasteiger partial charge is 0.195 e. The maximum absolute atomic E-state index is 12.8. The van der Waals surface area contributed by atoms with E-state index in [0.29, 0.717) is 0 Å². The lowest BCUT2D eigenvalue weighted by atomic mass is 10.2. The maximum atomic E-state index is 12.8. The Morgan fingerprint density at radius 3 is 2.38 bits per heavy atom. The van der Waals surface area contributed by atoms with Crippen LogP contribution in [0.4, 0.5) is 13.2 Å². The van der Waals surface area contributed by atoms with E-state index in [9.17, 15) is 13.2 Å². The van der Waals surface area contributed by atoms with Crippen LogP contribution in [0.25, 0.3) is 0 Å². The van der Waals surface area contributed by atoms with Gasteiger partial charge >= 0.3 is 0 Å². The number of hydroxylamine groups is 1. The van der Waals surface area contributed by atoms with E-state index < -0.39 is 17.5 Å². The van der Waals surface area contributed by atoms with Gasteiger partial charge in [0.25, 0.3) is 0 Å². The third-order valence-electron chi connectivity index (χ3n) is 1.45. The minimum Gasteiger partial charge on any atom is -0.316 e. The van der Waals surface area contributed by atoms with Crippen molar-refractivity contribution in [3.63, 3.8) is 0 Å². The Hall–Kier alpha value is -0.590. The lowest BCUT2D eigenvalue weighted by molar-refractivity contribution is 0.159. The van der Waals surface area contributed by atoms with Gasteiger partial charge in [0.05, 0.1) is 4.47 Å². The highest BCUT2D eigenvalue weighted by Crippen LogP contribution is 2.23. The van der Waals surface area contributed by atoms with E-state index >= 15 is 0 Å². The fourth-order valence-electron chi connectivity index (χ4n) is 0.836. The summed E-state index contributed by atoms with van der Waals surface area (Å²) >= 11 is 2.71. The van der Waals surface area contributed by atoms with Crippen LogP contribution in [0.15, 0.2) is 10.5 Å².